The maximum absolute atomic E-state index is 5.27. The molecule has 1 N–H and O–H groups in total. The summed E-state index contributed by atoms with van der Waals surface area (Å²) in [5.41, 5.74) is 2.97. The molecule has 1 atom stereocenters. The third-order valence-corrected chi connectivity index (χ3v) is 3.72. The van der Waals surface area contributed by atoms with Crippen molar-refractivity contribution in [3.63, 3.8) is 0 Å². The van der Waals surface area contributed by atoms with Crippen molar-refractivity contribution in [3.05, 3.63) is 52.6 Å². The van der Waals surface area contributed by atoms with E-state index in [1.807, 2.05) is 6.20 Å². The molecule has 0 saturated heterocycles. The molecule has 0 fully saturated rings. The van der Waals surface area contributed by atoms with Crippen LogP contribution in [0.25, 0.3) is 0 Å². The molecule has 0 radical (unpaired) electrons. The number of aromatic amines is 1. The van der Waals surface area contributed by atoms with Gasteiger partial charge in [0, 0.05) is 18.4 Å². The molecule has 0 saturated carbocycles. The zero-order chi connectivity index (χ0) is 11.0. The predicted molar refractivity (Wildman–Crippen MR) is 67.1 cm³/mol. The molecule has 1 aliphatic carbocycles. The van der Waals surface area contributed by atoms with E-state index in [4.69, 9.17) is 12.2 Å². The minimum Gasteiger partial charge on any atom is -0.337 e. The summed E-state index contributed by atoms with van der Waals surface area (Å²) >= 11 is 5.27. The molecule has 0 spiro atoms. The standard InChI is InChI=1S/C13H14N2S/c16-13-14-7-8-15(13)12-6-5-10-3-1-2-4-11(10)9-12/h1-4,7-8,12H,5-6,9H2,(H,14,16). The first kappa shape index (κ1) is 9.85. The van der Waals surface area contributed by atoms with E-state index in [1.54, 1.807) is 0 Å². The van der Waals surface area contributed by atoms with E-state index in [1.165, 1.54) is 17.5 Å². The molecule has 0 aliphatic heterocycles. The Morgan fingerprint density at radius 3 is 2.81 bits per heavy atom. The lowest BCUT2D eigenvalue weighted by Crippen LogP contribution is -2.18. The van der Waals surface area contributed by atoms with Gasteiger partial charge in [-0.25, -0.2) is 0 Å². The zero-order valence-corrected chi connectivity index (χ0v) is 9.83. The molecule has 3 heteroatoms. The van der Waals surface area contributed by atoms with Crippen molar-refractivity contribution in [3.8, 4) is 0 Å². The lowest BCUT2D eigenvalue weighted by atomic mass is 9.88. The van der Waals surface area contributed by atoms with Crippen molar-refractivity contribution in [2.75, 3.05) is 0 Å². The first-order chi connectivity index (χ1) is 7.84. The number of aryl methyl sites for hydroxylation is 1. The maximum Gasteiger partial charge on any atom is 0.177 e. The van der Waals surface area contributed by atoms with E-state index >= 15 is 0 Å². The number of H-pyrrole nitrogens is 1. The van der Waals surface area contributed by atoms with Crippen molar-refractivity contribution in [1.29, 1.82) is 0 Å². The van der Waals surface area contributed by atoms with Gasteiger partial charge < -0.3 is 9.55 Å². The van der Waals surface area contributed by atoms with Crippen molar-refractivity contribution in [2.45, 2.75) is 25.3 Å². The Kier molecular flexibility index (Phi) is 2.40. The van der Waals surface area contributed by atoms with Gasteiger partial charge in [-0.05, 0) is 42.6 Å². The average Bonchev–Trinajstić information content (AvgIpc) is 2.75. The fraction of sp³-hybridized carbons (Fsp3) is 0.308. The average molecular weight is 230 g/mol. The molecular weight excluding hydrogens is 216 g/mol. The quantitative estimate of drug-likeness (QED) is 0.746. The summed E-state index contributed by atoms with van der Waals surface area (Å²) in [5, 5.41) is 0. The highest BCUT2D eigenvalue weighted by molar-refractivity contribution is 7.71. The highest BCUT2D eigenvalue weighted by Crippen LogP contribution is 2.28. The molecular formula is C13H14N2S. The molecule has 1 aliphatic rings. The Morgan fingerprint density at radius 2 is 2.06 bits per heavy atom. The summed E-state index contributed by atoms with van der Waals surface area (Å²) in [4.78, 5) is 3.07. The molecule has 82 valence electrons. The van der Waals surface area contributed by atoms with Crippen LogP contribution in [0.3, 0.4) is 0 Å². The predicted octanol–water partition coefficient (Wildman–Crippen LogP) is 3.28. The topological polar surface area (TPSA) is 20.7 Å². The van der Waals surface area contributed by atoms with Crippen LogP contribution in [-0.4, -0.2) is 9.55 Å². The van der Waals surface area contributed by atoms with Gasteiger partial charge in [-0.3, -0.25) is 0 Å². The molecule has 0 bridgehead atoms. The van der Waals surface area contributed by atoms with Crippen molar-refractivity contribution >= 4 is 12.2 Å². The van der Waals surface area contributed by atoms with Gasteiger partial charge in [-0.2, -0.15) is 0 Å². The maximum atomic E-state index is 5.27. The summed E-state index contributed by atoms with van der Waals surface area (Å²) in [6.07, 6.45) is 7.42. The van der Waals surface area contributed by atoms with Gasteiger partial charge in [0.15, 0.2) is 4.77 Å². The number of hydrogen-bond donors (Lipinski definition) is 1. The van der Waals surface area contributed by atoms with Crippen LogP contribution >= 0.6 is 12.2 Å². The second kappa shape index (κ2) is 3.91. The Morgan fingerprint density at radius 1 is 1.25 bits per heavy atom. The van der Waals surface area contributed by atoms with Crippen LogP contribution < -0.4 is 0 Å². The molecule has 2 nitrogen and oxygen atoms in total. The van der Waals surface area contributed by atoms with Crippen LogP contribution in [0.15, 0.2) is 36.7 Å². The summed E-state index contributed by atoms with van der Waals surface area (Å²) in [7, 11) is 0. The van der Waals surface area contributed by atoms with E-state index in [9.17, 15) is 0 Å². The number of aromatic nitrogens is 2. The minimum atomic E-state index is 0.522. The molecule has 16 heavy (non-hydrogen) atoms. The smallest absolute Gasteiger partial charge is 0.177 e. The SMILES string of the molecule is S=c1[nH]ccn1C1CCc2ccccc2C1. The Hall–Kier alpha value is -1.35. The fourth-order valence-corrected chi connectivity index (χ4v) is 2.81. The van der Waals surface area contributed by atoms with Crippen LogP contribution in [0.1, 0.15) is 23.6 Å². The summed E-state index contributed by atoms with van der Waals surface area (Å²) in [5.74, 6) is 0. The normalized spacial score (nSPS) is 19.4. The van der Waals surface area contributed by atoms with Gasteiger partial charge in [0.2, 0.25) is 0 Å². The van der Waals surface area contributed by atoms with Crippen LogP contribution in [0.5, 0.6) is 0 Å². The Balaban J connectivity index is 1.94. The summed E-state index contributed by atoms with van der Waals surface area (Å²) in [6.45, 7) is 0. The van der Waals surface area contributed by atoms with Gasteiger partial charge in [0.05, 0.1) is 0 Å². The first-order valence-electron chi connectivity index (χ1n) is 5.67. The van der Waals surface area contributed by atoms with Crippen LogP contribution in [0.2, 0.25) is 0 Å². The number of fused-ring (bicyclic) bond motifs is 1. The molecule has 1 unspecified atom stereocenters. The molecule has 3 rings (SSSR count). The lowest BCUT2D eigenvalue weighted by molar-refractivity contribution is 0.438. The lowest BCUT2D eigenvalue weighted by Gasteiger charge is -2.25. The largest absolute Gasteiger partial charge is 0.337 e. The van der Waals surface area contributed by atoms with Gasteiger partial charge in [-0.1, -0.05) is 24.3 Å². The van der Waals surface area contributed by atoms with Crippen molar-refractivity contribution in [2.24, 2.45) is 0 Å². The van der Waals surface area contributed by atoms with Gasteiger partial charge in [0.1, 0.15) is 0 Å². The third-order valence-electron chi connectivity index (χ3n) is 3.39. The second-order valence-corrected chi connectivity index (χ2v) is 4.72. The molecule has 0 amide bonds. The molecule has 1 aromatic carbocycles. The van der Waals surface area contributed by atoms with E-state index in [0.717, 1.165) is 17.6 Å². The fourth-order valence-electron chi connectivity index (χ4n) is 2.53. The number of benzene rings is 1. The minimum absolute atomic E-state index is 0.522. The first-order valence-corrected chi connectivity index (χ1v) is 6.08. The molecule has 1 heterocycles. The second-order valence-electron chi connectivity index (χ2n) is 4.34. The van der Waals surface area contributed by atoms with E-state index in [-0.39, 0.29) is 0 Å². The van der Waals surface area contributed by atoms with Crippen LogP contribution in [0, 0.1) is 4.77 Å². The monoisotopic (exact) mass is 230 g/mol. The Labute approximate surface area is 99.9 Å². The molecule has 1 aromatic heterocycles. The van der Waals surface area contributed by atoms with Crippen LogP contribution in [-0.2, 0) is 12.8 Å². The highest BCUT2D eigenvalue weighted by atomic mass is 32.1. The van der Waals surface area contributed by atoms with E-state index in [2.05, 4.69) is 40.0 Å². The molecule has 2 aromatic rings. The van der Waals surface area contributed by atoms with Crippen LogP contribution in [0.4, 0.5) is 0 Å². The van der Waals surface area contributed by atoms with Crippen molar-refractivity contribution < 1.29 is 0 Å². The zero-order valence-electron chi connectivity index (χ0n) is 9.02. The van der Waals surface area contributed by atoms with Gasteiger partial charge in [0.25, 0.3) is 0 Å². The van der Waals surface area contributed by atoms with Crippen molar-refractivity contribution in [1.82, 2.24) is 9.55 Å². The van der Waals surface area contributed by atoms with E-state index < -0.39 is 0 Å². The third kappa shape index (κ3) is 1.61. The van der Waals surface area contributed by atoms with Gasteiger partial charge in [-0.15, -0.1) is 0 Å². The Bertz CT molecular complexity index is 553. The number of nitrogens with zero attached hydrogens (tertiary/aromatic N) is 1. The highest BCUT2D eigenvalue weighted by Gasteiger charge is 2.19. The van der Waals surface area contributed by atoms with E-state index in [0.29, 0.717) is 6.04 Å². The summed E-state index contributed by atoms with van der Waals surface area (Å²) in [6, 6.07) is 9.24. The summed E-state index contributed by atoms with van der Waals surface area (Å²) < 4.78 is 3.02. The number of imidazole rings is 1. The number of hydrogen-bond acceptors (Lipinski definition) is 1. The number of nitrogens with one attached hydrogen (secondary N) is 1. The number of rotatable bonds is 1. The van der Waals surface area contributed by atoms with Gasteiger partial charge >= 0.3 is 0 Å².